The predicted molar refractivity (Wildman–Crippen MR) is 69.6 cm³/mol. The minimum atomic E-state index is 0.452. The van der Waals surface area contributed by atoms with Crippen molar-refractivity contribution in [3.05, 3.63) is 23.8 Å². The van der Waals surface area contributed by atoms with E-state index in [1.165, 1.54) is 12.0 Å². The Hall–Kier alpha value is -1.22. The minimum absolute atomic E-state index is 0.452. The number of nitrogen functional groups attached to an aromatic ring is 1. The molecule has 1 aromatic rings. The van der Waals surface area contributed by atoms with Crippen molar-refractivity contribution < 1.29 is 0 Å². The van der Waals surface area contributed by atoms with Crippen molar-refractivity contribution in [2.24, 2.45) is 0 Å². The highest BCUT2D eigenvalue weighted by Crippen LogP contribution is 2.33. The van der Waals surface area contributed by atoms with Crippen LogP contribution in [-0.2, 0) is 0 Å². The Morgan fingerprint density at radius 2 is 2.31 bits per heavy atom. The maximum atomic E-state index is 6.01. The van der Waals surface area contributed by atoms with Crippen LogP contribution in [0.1, 0.15) is 31.9 Å². The second-order valence-electron chi connectivity index (χ2n) is 4.45. The molecule has 3 N–H and O–H groups in total. The average molecular weight is 219 g/mol. The standard InChI is InChI=1S/C13H21N3/c1-3-8-16-9-7-15-13-11(10(16)2)5-4-6-12(13)14/h4-6,10,15H,3,7-9,14H2,1-2H3/t10-/m1/s1. The SMILES string of the molecule is CCCN1CCNc2c(N)cccc2[C@H]1C. The molecule has 3 heteroatoms. The van der Waals surface area contributed by atoms with E-state index < -0.39 is 0 Å². The lowest BCUT2D eigenvalue weighted by atomic mass is 10.0. The fourth-order valence-corrected chi connectivity index (χ4v) is 2.45. The molecular formula is C13H21N3. The quantitative estimate of drug-likeness (QED) is 0.751. The molecule has 1 heterocycles. The maximum Gasteiger partial charge on any atom is 0.0622 e. The van der Waals surface area contributed by atoms with Gasteiger partial charge in [0, 0.05) is 19.1 Å². The highest BCUT2D eigenvalue weighted by molar-refractivity contribution is 5.71. The molecule has 0 fully saturated rings. The van der Waals surface area contributed by atoms with Crippen molar-refractivity contribution in [1.82, 2.24) is 4.90 Å². The fraction of sp³-hybridized carbons (Fsp3) is 0.538. The summed E-state index contributed by atoms with van der Waals surface area (Å²) in [7, 11) is 0. The Bertz CT molecular complexity index is 362. The van der Waals surface area contributed by atoms with E-state index in [2.05, 4.69) is 30.1 Å². The molecule has 0 bridgehead atoms. The lowest BCUT2D eigenvalue weighted by Gasteiger charge is -2.26. The van der Waals surface area contributed by atoms with E-state index in [4.69, 9.17) is 5.73 Å². The first-order valence-electron chi connectivity index (χ1n) is 6.10. The summed E-state index contributed by atoms with van der Waals surface area (Å²) in [6.07, 6.45) is 1.20. The number of benzene rings is 1. The summed E-state index contributed by atoms with van der Waals surface area (Å²) in [6.45, 7) is 7.71. The second kappa shape index (κ2) is 4.74. The molecule has 0 unspecified atom stereocenters. The van der Waals surface area contributed by atoms with Gasteiger partial charge in [-0.05, 0) is 31.5 Å². The number of nitrogens with zero attached hydrogens (tertiary/aromatic N) is 1. The lowest BCUT2D eigenvalue weighted by Crippen LogP contribution is -2.29. The van der Waals surface area contributed by atoms with Crippen LogP contribution in [0.5, 0.6) is 0 Å². The summed E-state index contributed by atoms with van der Waals surface area (Å²) < 4.78 is 0. The molecule has 1 atom stereocenters. The van der Waals surface area contributed by atoms with Crippen molar-refractivity contribution >= 4 is 11.4 Å². The number of rotatable bonds is 2. The van der Waals surface area contributed by atoms with Crippen molar-refractivity contribution in [2.75, 3.05) is 30.7 Å². The number of nitrogens with two attached hydrogens (primary N) is 1. The van der Waals surface area contributed by atoms with Crippen LogP contribution < -0.4 is 11.1 Å². The van der Waals surface area contributed by atoms with E-state index in [1.54, 1.807) is 0 Å². The Morgan fingerprint density at radius 1 is 1.50 bits per heavy atom. The van der Waals surface area contributed by atoms with Crippen LogP contribution in [0, 0.1) is 0 Å². The number of para-hydroxylation sites is 1. The summed E-state index contributed by atoms with van der Waals surface area (Å²) in [4.78, 5) is 2.51. The van der Waals surface area contributed by atoms with Gasteiger partial charge in [-0.3, -0.25) is 4.90 Å². The average Bonchev–Trinajstić information content (AvgIpc) is 2.43. The van der Waals surface area contributed by atoms with Crippen LogP contribution >= 0.6 is 0 Å². The number of hydrogen-bond donors (Lipinski definition) is 2. The van der Waals surface area contributed by atoms with Crippen LogP contribution in [-0.4, -0.2) is 24.5 Å². The Kier molecular flexibility index (Phi) is 3.34. The Labute approximate surface area is 97.6 Å². The van der Waals surface area contributed by atoms with Crippen LogP contribution in [0.3, 0.4) is 0 Å². The summed E-state index contributed by atoms with van der Waals surface area (Å²) in [5.41, 5.74) is 9.33. The second-order valence-corrected chi connectivity index (χ2v) is 4.45. The highest BCUT2D eigenvalue weighted by Gasteiger charge is 2.21. The van der Waals surface area contributed by atoms with Crippen LogP contribution in [0.2, 0.25) is 0 Å². The van der Waals surface area contributed by atoms with Gasteiger partial charge in [0.05, 0.1) is 11.4 Å². The molecule has 2 rings (SSSR count). The number of anilines is 2. The zero-order valence-corrected chi connectivity index (χ0v) is 10.2. The van der Waals surface area contributed by atoms with E-state index in [0.717, 1.165) is 31.0 Å². The molecule has 16 heavy (non-hydrogen) atoms. The van der Waals surface area contributed by atoms with Crippen LogP contribution in [0.15, 0.2) is 18.2 Å². The van der Waals surface area contributed by atoms with Gasteiger partial charge in [-0.15, -0.1) is 0 Å². The Morgan fingerprint density at radius 3 is 3.06 bits per heavy atom. The third-order valence-electron chi connectivity index (χ3n) is 3.34. The first-order valence-corrected chi connectivity index (χ1v) is 6.10. The predicted octanol–water partition coefficient (Wildman–Crippen LogP) is 2.47. The van der Waals surface area contributed by atoms with Crippen molar-refractivity contribution in [3.8, 4) is 0 Å². The normalized spacial score (nSPS) is 21.0. The van der Waals surface area contributed by atoms with Gasteiger partial charge in [0.15, 0.2) is 0 Å². The van der Waals surface area contributed by atoms with E-state index in [-0.39, 0.29) is 0 Å². The minimum Gasteiger partial charge on any atom is -0.397 e. The smallest absolute Gasteiger partial charge is 0.0622 e. The molecule has 0 spiro atoms. The molecule has 1 aromatic carbocycles. The molecule has 0 saturated heterocycles. The zero-order chi connectivity index (χ0) is 11.5. The van der Waals surface area contributed by atoms with Crippen LogP contribution in [0.25, 0.3) is 0 Å². The van der Waals surface area contributed by atoms with E-state index >= 15 is 0 Å². The monoisotopic (exact) mass is 219 g/mol. The van der Waals surface area contributed by atoms with Gasteiger partial charge in [-0.25, -0.2) is 0 Å². The topological polar surface area (TPSA) is 41.3 Å². The van der Waals surface area contributed by atoms with Crippen molar-refractivity contribution in [3.63, 3.8) is 0 Å². The lowest BCUT2D eigenvalue weighted by molar-refractivity contribution is 0.224. The van der Waals surface area contributed by atoms with Gasteiger partial charge >= 0.3 is 0 Å². The van der Waals surface area contributed by atoms with E-state index in [9.17, 15) is 0 Å². The first-order chi connectivity index (χ1) is 7.74. The van der Waals surface area contributed by atoms with E-state index in [1.807, 2.05) is 12.1 Å². The first kappa shape index (κ1) is 11.3. The number of fused-ring (bicyclic) bond motifs is 1. The molecule has 0 aromatic heterocycles. The maximum absolute atomic E-state index is 6.01. The van der Waals surface area contributed by atoms with Gasteiger partial charge in [-0.2, -0.15) is 0 Å². The highest BCUT2D eigenvalue weighted by atomic mass is 15.2. The van der Waals surface area contributed by atoms with Gasteiger partial charge in [-0.1, -0.05) is 19.1 Å². The molecule has 88 valence electrons. The molecule has 1 aliphatic rings. The molecule has 0 saturated carbocycles. The fourth-order valence-electron chi connectivity index (χ4n) is 2.45. The van der Waals surface area contributed by atoms with Gasteiger partial charge in [0.25, 0.3) is 0 Å². The molecular weight excluding hydrogens is 198 g/mol. The van der Waals surface area contributed by atoms with Gasteiger partial charge < -0.3 is 11.1 Å². The Balaban J connectivity index is 2.33. The van der Waals surface area contributed by atoms with Crippen LogP contribution in [0.4, 0.5) is 11.4 Å². The molecule has 0 aliphatic carbocycles. The summed E-state index contributed by atoms with van der Waals surface area (Å²) in [5.74, 6) is 0. The van der Waals surface area contributed by atoms with Crippen molar-refractivity contribution in [2.45, 2.75) is 26.3 Å². The summed E-state index contributed by atoms with van der Waals surface area (Å²) in [5, 5.41) is 3.45. The zero-order valence-electron chi connectivity index (χ0n) is 10.2. The van der Waals surface area contributed by atoms with Gasteiger partial charge in [0.2, 0.25) is 0 Å². The molecule has 0 amide bonds. The molecule has 1 aliphatic heterocycles. The van der Waals surface area contributed by atoms with Gasteiger partial charge in [0.1, 0.15) is 0 Å². The summed E-state index contributed by atoms with van der Waals surface area (Å²) >= 11 is 0. The van der Waals surface area contributed by atoms with E-state index in [0.29, 0.717) is 6.04 Å². The third-order valence-corrected chi connectivity index (χ3v) is 3.34. The number of nitrogens with one attached hydrogen (secondary N) is 1. The molecule has 3 nitrogen and oxygen atoms in total. The third kappa shape index (κ3) is 2.00. The molecule has 0 radical (unpaired) electrons. The van der Waals surface area contributed by atoms with Crippen molar-refractivity contribution in [1.29, 1.82) is 0 Å². The summed E-state index contributed by atoms with van der Waals surface area (Å²) in [6, 6.07) is 6.64. The number of hydrogen-bond acceptors (Lipinski definition) is 3. The largest absolute Gasteiger partial charge is 0.397 e.